The largest absolute Gasteiger partial charge is 0.504 e. The number of methoxy groups -OCH3 is 4. The summed E-state index contributed by atoms with van der Waals surface area (Å²) in [5.41, 5.74) is 0.480. The van der Waals surface area contributed by atoms with Crippen LogP contribution in [0.5, 0.6) is 28.7 Å². The molecule has 1 unspecified atom stereocenters. The van der Waals surface area contributed by atoms with Crippen molar-refractivity contribution in [1.29, 1.82) is 0 Å². The third-order valence-electron chi connectivity index (χ3n) is 4.58. The predicted octanol–water partition coefficient (Wildman–Crippen LogP) is 1.89. The maximum Gasteiger partial charge on any atom is 0.243 e. The third kappa shape index (κ3) is 3.51. The van der Waals surface area contributed by atoms with Crippen molar-refractivity contribution < 1.29 is 37.3 Å². The second-order valence-electron chi connectivity index (χ2n) is 6.24. The van der Waals surface area contributed by atoms with Crippen molar-refractivity contribution in [3.8, 4) is 28.7 Å². The summed E-state index contributed by atoms with van der Waals surface area (Å²) in [5, 5.41) is 8.77. The highest BCUT2D eigenvalue weighted by molar-refractivity contribution is 7.93. The lowest BCUT2D eigenvalue weighted by molar-refractivity contribution is -0.115. The predicted molar refractivity (Wildman–Crippen MR) is 105 cm³/mol. The lowest BCUT2D eigenvalue weighted by atomic mass is 10.1. The summed E-state index contributed by atoms with van der Waals surface area (Å²) >= 11 is 0. The number of hydrogen-bond acceptors (Lipinski definition) is 8. The third-order valence-corrected chi connectivity index (χ3v) is 6.40. The zero-order valence-corrected chi connectivity index (χ0v) is 17.1. The summed E-state index contributed by atoms with van der Waals surface area (Å²) in [4.78, 5) is 13.8. The average molecular weight is 423 g/mol. The Morgan fingerprint density at radius 3 is 2.00 bits per heavy atom. The van der Waals surface area contributed by atoms with E-state index in [2.05, 4.69) is 0 Å². The molecular weight excluding hydrogens is 402 g/mol. The second-order valence-corrected chi connectivity index (χ2v) is 8.30. The molecule has 0 aromatic heterocycles. The van der Waals surface area contributed by atoms with Gasteiger partial charge in [0.05, 0.1) is 34.1 Å². The van der Waals surface area contributed by atoms with E-state index in [1.807, 2.05) is 0 Å². The number of sulfone groups is 1. The summed E-state index contributed by atoms with van der Waals surface area (Å²) in [6.07, 6.45) is 0. The highest BCUT2D eigenvalue weighted by atomic mass is 32.2. The maximum absolute atomic E-state index is 12.8. The Hall–Kier alpha value is -3.14. The Balaban J connectivity index is 2.19. The molecule has 9 nitrogen and oxygen atoms in total. The Morgan fingerprint density at radius 1 is 0.931 bits per heavy atom. The Bertz CT molecular complexity index is 1030. The summed E-state index contributed by atoms with van der Waals surface area (Å²) < 4.78 is 46.5. The minimum absolute atomic E-state index is 0.190. The number of aromatic hydroxyl groups is 1. The minimum atomic E-state index is -3.87. The molecule has 0 radical (unpaired) electrons. The van der Waals surface area contributed by atoms with Gasteiger partial charge in [-0.05, 0) is 17.7 Å². The first-order valence-corrected chi connectivity index (χ1v) is 10.2. The van der Waals surface area contributed by atoms with Crippen LogP contribution in [0, 0.1) is 0 Å². The van der Waals surface area contributed by atoms with E-state index in [1.54, 1.807) is 0 Å². The Morgan fingerprint density at radius 2 is 1.52 bits per heavy atom. The number of phenolic OH excluding ortho intramolecular Hbond substituents is 1. The lowest BCUT2D eigenvalue weighted by Crippen LogP contribution is -2.29. The number of anilines is 1. The van der Waals surface area contributed by atoms with Crippen molar-refractivity contribution in [1.82, 2.24) is 0 Å². The molecule has 10 heteroatoms. The van der Waals surface area contributed by atoms with Crippen LogP contribution >= 0.6 is 0 Å². The van der Waals surface area contributed by atoms with Crippen molar-refractivity contribution in [2.45, 2.75) is 5.37 Å². The van der Waals surface area contributed by atoms with Gasteiger partial charge in [-0.3, -0.25) is 9.69 Å². The average Bonchev–Trinajstić information content (AvgIpc) is 2.94. The quantitative estimate of drug-likeness (QED) is 0.750. The molecule has 1 heterocycles. The Kier molecular flexibility index (Phi) is 5.47. The normalized spacial score (nSPS) is 17.9. The SMILES string of the molecule is COc1ccc(C2N(c3cc(OC)c(OC)c(OC)c3)C(=O)CS2(=O)=O)cc1O. The fourth-order valence-electron chi connectivity index (χ4n) is 3.31. The van der Waals surface area contributed by atoms with Crippen LogP contribution < -0.4 is 23.8 Å². The van der Waals surface area contributed by atoms with Gasteiger partial charge in [0.15, 0.2) is 38.2 Å². The molecule has 3 rings (SSSR count). The molecule has 1 saturated heterocycles. The molecule has 1 fully saturated rings. The van der Waals surface area contributed by atoms with Crippen LogP contribution in [0.2, 0.25) is 0 Å². The van der Waals surface area contributed by atoms with Crippen molar-refractivity contribution in [3.05, 3.63) is 35.9 Å². The number of hydrogen-bond donors (Lipinski definition) is 1. The van der Waals surface area contributed by atoms with Gasteiger partial charge in [0.25, 0.3) is 0 Å². The van der Waals surface area contributed by atoms with Gasteiger partial charge in [0.1, 0.15) is 5.75 Å². The zero-order chi connectivity index (χ0) is 21.3. The first-order valence-electron chi connectivity index (χ1n) is 8.48. The molecule has 1 aliphatic heterocycles. The molecule has 29 heavy (non-hydrogen) atoms. The number of benzene rings is 2. The van der Waals surface area contributed by atoms with Crippen LogP contribution in [0.1, 0.15) is 10.9 Å². The van der Waals surface area contributed by atoms with E-state index >= 15 is 0 Å². The fourth-order valence-corrected chi connectivity index (χ4v) is 5.08. The number of carbonyl (C=O) groups is 1. The summed E-state index contributed by atoms with van der Waals surface area (Å²) in [7, 11) is 1.79. The van der Waals surface area contributed by atoms with Gasteiger partial charge >= 0.3 is 0 Å². The highest BCUT2D eigenvalue weighted by Gasteiger charge is 2.46. The number of ether oxygens (including phenoxy) is 4. The molecule has 1 amide bonds. The van der Waals surface area contributed by atoms with Gasteiger partial charge in [-0.2, -0.15) is 0 Å². The summed E-state index contributed by atoms with van der Waals surface area (Å²) in [6, 6.07) is 7.19. The minimum Gasteiger partial charge on any atom is -0.504 e. The molecular formula is C19H21NO8S. The highest BCUT2D eigenvalue weighted by Crippen LogP contribution is 2.46. The smallest absolute Gasteiger partial charge is 0.243 e. The first-order chi connectivity index (χ1) is 13.8. The number of nitrogens with zero attached hydrogens (tertiary/aromatic N) is 1. The van der Waals surface area contributed by atoms with Gasteiger partial charge in [-0.15, -0.1) is 0 Å². The molecule has 1 atom stereocenters. The van der Waals surface area contributed by atoms with Crippen molar-refractivity contribution in [2.75, 3.05) is 39.1 Å². The van der Waals surface area contributed by atoms with E-state index in [0.29, 0.717) is 5.75 Å². The van der Waals surface area contributed by atoms with Gasteiger partial charge in [0, 0.05) is 12.1 Å². The zero-order valence-electron chi connectivity index (χ0n) is 16.3. The number of phenols is 1. The first kappa shape index (κ1) is 20.6. The van der Waals surface area contributed by atoms with Crippen LogP contribution in [0.15, 0.2) is 30.3 Å². The van der Waals surface area contributed by atoms with Gasteiger partial charge in [-0.25, -0.2) is 8.42 Å². The van der Waals surface area contributed by atoms with E-state index < -0.39 is 26.9 Å². The van der Waals surface area contributed by atoms with Gasteiger partial charge in [-0.1, -0.05) is 6.07 Å². The van der Waals surface area contributed by atoms with Crippen LogP contribution in [0.3, 0.4) is 0 Å². The molecule has 156 valence electrons. The molecule has 1 N–H and O–H groups in total. The van der Waals surface area contributed by atoms with E-state index in [0.717, 1.165) is 4.90 Å². The van der Waals surface area contributed by atoms with Crippen LogP contribution in [-0.2, 0) is 14.6 Å². The van der Waals surface area contributed by atoms with Crippen LogP contribution in [-0.4, -0.2) is 53.6 Å². The van der Waals surface area contributed by atoms with Crippen molar-refractivity contribution >= 4 is 21.4 Å². The molecule has 2 aromatic rings. The van der Waals surface area contributed by atoms with E-state index in [4.69, 9.17) is 18.9 Å². The molecule has 0 spiro atoms. The van der Waals surface area contributed by atoms with E-state index in [9.17, 15) is 18.3 Å². The molecule has 0 aliphatic carbocycles. The topological polar surface area (TPSA) is 112 Å². The fraction of sp³-hybridized carbons (Fsp3) is 0.316. The molecule has 2 aromatic carbocycles. The number of carbonyl (C=O) groups excluding carboxylic acids is 1. The van der Waals surface area contributed by atoms with Gasteiger partial charge < -0.3 is 24.1 Å². The monoisotopic (exact) mass is 423 g/mol. The molecule has 0 bridgehead atoms. The van der Waals surface area contributed by atoms with E-state index in [-0.39, 0.29) is 34.2 Å². The van der Waals surface area contributed by atoms with Crippen LogP contribution in [0.25, 0.3) is 0 Å². The number of rotatable bonds is 6. The standard InChI is InChI=1S/C19H21NO8S/c1-25-14-6-5-11(7-13(14)21)19-20(17(22)10-29(19,23)24)12-8-15(26-2)18(28-4)16(9-12)27-3/h5-9,19,21H,10H2,1-4H3. The summed E-state index contributed by atoms with van der Waals surface area (Å²) in [5.74, 6) is -0.461. The summed E-state index contributed by atoms with van der Waals surface area (Å²) in [6.45, 7) is 0. The second kappa shape index (κ2) is 7.70. The van der Waals surface area contributed by atoms with Crippen molar-refractivity contribution in [3.63, 3.8) is 0 Å². The number of amides is 1. The maximum atomic E-state index is 12.8. The van der Waals surface area contributed by atoms with Crippen molar-refractivity contribution in [2.24, 2.45) is 0 Å². The van der Waals surface area contributed by atoms with Gasteiger partial charge in [0.2, 0.25) is 11.7 Å². The van der Waals surface area contributed by atoms with E-state index in [1.165, 1.54) is 58.8 Å². The molecule has 1 aliphatic rings. The molecule has 0 saturated carbocycles. The Labute approximate surface area is 168 Å². The lowest BCUT2D eigenvalue weighted by Gasteiger charge is -2.25. The van der Waals surface area contributed by atoms with Crippen LogP contribution in [0.4, 0.5) is 5.69 Å².